The summed E-state index contributed by atoms with van der Waals surface area (Å²) in [6.45, 7) is 0. The average molecular weight is 557 g/mol. The van der Waals surface area contributed by atoms with E-state index < -0.39 is 41.1 Å². The number of guanidine groups is 1. The van der Waals surface area contributed by atoms with E-state index in [0.717, 1.165) is 29.3 Å². The van der Waals surface area contributed by atoms with E-state index in [1.165, 1.54) is 30.3 Å². The van der Waals surface area contributed by atoms with Crippen molar-refractivity contribution in [1.82, 2.24) is 0 Å². The number of aliphatic imine (C=N–C) groups is 1. The fourth-order valence-corrected chi connectivity index (χ4v) is 4.24. The molecule has 0 aliphatic heterocycles. The third kappa shape index (κ3) is 7.04. The SMILES string of the molecule is N=NC(N)=NC(=O)c1ccc(C(=O)C(CC(=O)c2cccc(C(F)(F)F)c2)c2ccc(-c3ccccc3)cc2)cc1. The molecule has 1 amide bonds. The molecule has 0 heterocycles. The Morgan fingerprint density at radius 3 is 1.98 bits per heavy atom. The van der Waals surface area contributed by atoms with Crippen molar-refractivity contribution >= 4 is 23.4 Å². The molecule has 0 spiro atoms. The molecule has 3 N–H and O–H groups in total. The lowest BCUT2D eigenvalue weighted by molar-refractivity contribution is -0.137. The Hall–Kier alpha value is -5.25. The first-order valence-corrected chi connectivity index (χ1v) is 12.3. The minimum absolute atomic E-state index is 0.0944. The van der Waals surface area contributed by atoms with E-state index in [1.54, 1.807) is 24.3 Å². The second kappa shape index (κ2) is 12.3. The maximum atomic E-state index is 13.7. The predicted molar refractivity (Wildman–Crippen MR) is 147 cm³/mol. The van der Waals surface area contributed by atoms with Gasteiger partial charge in [0.1, 0.15) is 0 Å². The van der Waals surface area contributed by atoms with Gasteiger partial charge in [-0.15, -0.1) is 5.11 Å². The van der Waals surface area contributed by atoms with Crippen LogP contribution in [0.5, 0.6) is 0 Å². The Morgan fingerprint density at radius 1 is 0.756 bits per heavy atom. The molecule has 0 saturated heterocycles. The van der Waals surface area contributed by atoms with Crippen LogP contribution in [0.15, 0.2) is 113 Å². The molecule has 0 saturated carbocycles. The van der Waals surface area contributed by atoms with Gasteiger partial charge in [-0.2, -0.15) is 18.2 Å². The number of amides is 1. The van der Waals surface area contributed by atoms with E-state index in [4.69, 9.17) is 11.3 Å². The summed E-state index contributed by atoms with van der Waals surface area (Å²) in [6.07, 6.45) is -5.00. The van der Waals surface area contributed by atoms with E-state index in [0.29, 0.717) is 5.56 Å². The Labute approximate surface area is 233 Å². The molecule has 0 aliphatic rings. The van der Waals surface area contributed by atoms with E-state index >= 15 is 0 Å². The summed E-state index contributed by atoms with van der Waals surface area (Å²) in [6, 6.07) is 26.1. The first kappa shape index (κ1) is 28.8. The topological polar surface area (TPSA) is 126 Å². The van der Waals surface area contributed by atoms with Crippen LogP contribution in [0.2, 0.25) is 0 Å². The smallest absolute Gasteiger partial charge is 0.366 e. The van der Waals surface area contributed by atoms with Crippen LogP contribution in [0.3, 0.4) is 0 Å². The van der Waals surface area contributed by atoms with Crippen LogP contribution in [0.1, 0.15) is 54.5 Å². The second-order valence-corrected chi connectivity index (χ2v) is 9.08. The average Bonchev–Trinajstić information content (AvgIpc) is 2.99. The van der Waals surface area contributed by atoms with Gasteiger partial charge in [-0.05, 0) is 41.0 Å². The van der Waals surface area contributed by atoms with Crippen LogP contribution in [-0.4, -0.2) is 23.4 Å². The highest BCUT2D eigenvalue weighted by Gasteiger charge is 2.32. The van der Waals surface area contributed by atoms with Crippen molar-refractivity contribution in [2.75, 3.05) is 0 Å². The lowest BCUT2D eigenvalue weighted by Crippen LogP contribution is -2.18. The maximum absolute atomic E-state index is 13.7. The molecule has 0 fully saturated rings. The standard InChI is InChI=1S/C31H23F3N4O3/c32-31(33,34)25-8-4-7-24(17-25)27(39)18-26(21-11-9-20(10-12-21)19-5-2-1-3-6-19)28(40)22-13-15-23(16-14-22)29(41)37-30(35)38-36/h1-17,26,36H,18H2,(H2,35,37,41). The zero-order valence-corrected chi connectivity index (χ0v) is 21.4. The number of hydrogen-bond donors (Lipinski definition) is 2. The summed E-state index contributed by atoms with van der Waals surface area (Å²) in [5, 5.41) is 2.86. The number of Topliss-reactive ketones (excluding diaryl/α,β-unsaturated/α-hetero) is 2. The van der Waals surface area contributed by atoms with E-state index in [1.807, 2.05) is 30.3 Å². The summed E-state index contributed by atoms with van der Waals surface area (Å²) in [5.74, 6) is -3.38. The summed E-state index contributed by atoms with van der Waals surface area (Å²) >= 11 is 0. The first-order chi connectivity index (χ1) is 19.6. The number of nitrogens with zero attached hydrogens (tertiary/aromatic N) is 2. The number of ketones is 2. The molecule has 0 aromatic heterocycles. The number of carbonyl (C=O) groups is 3. The molecule has 4 aromatic rings. The number of nitrogens with two attached hydrogens (primary N) is 1. The lowest BCUT2D eigenvalue weighted by atomic mass is 9.84. The van der Waals surface area contributed by atoms with Gasteiger partial charge in [-0.25, -0.2) is 5.53 Å². The molecule has 206 valence electrons. The molecule has 4 rings (SSSR count). The van der Waals surface area contributed by atoms with Gasteiger partial charge < -0.3 is 5.73 Å². The molecule has 1 unspecified atom stereocenters. The van der Waals surface area contributed by atoms with Crippen molar-refractivity contribution in [2.45, 2.75) is 18.5 Å². The summed E-state index contributed by atoms with van der Waals surface area (Å²) in [7, 11) is 0. The quantitative estimate of drug-likeness (QED) is 0.104. The summed E-state index contributed by atoms with van der Waals surface area (Å²) in [5.41, 5.74) is 13.6. The van der Waals surface area contributed by atoms with Gasteiger partial charge in [0.15, 0.2) is 11.6 Å². The van der Waals surface area contributed by atoms with Gasteiger partial charge in [0.05, 0.1) is 11.5 Å². The van der Waals surface area contributed by atoms with E-state index in [9.17, 15) is 27.6 Å². The number of nitrogens with one attached hydrogen (secondary N) is 1. The second-order valence-electron chi connectivity index (χ2n) is 9.08. The number of rotatable bonds is 8. The van der Waals surface area contributed by atoms with Crippen molar-refractivity contribution in [3.05, 3.63) is 131 Å². The number of hydrogen-bond acceptors (Lipinski definition) is 4. The van der Waals surface area contributed by atoms with E-state index in [2.05, 4.69) is 10.1 Å². The monoisotopic (exact) mass is 556 g/mol. The Morgan fingerprint density at radius 2 is 1.37 bits per heavy atom. The fourth-order valence-electron chi connectivity index (χ4n) is 4.24. The molecule has 1 atom stereocenters. The van der Waals surface area contributed by atoms with Gasteiger partial charge in [-0.3, -0.25) is 14.4 Å². The number of alkyl halides is 3. The zero-order chi connectivity index (χ0) is 29.6. The largest absolute Gasteiger partial charge is 0.416 e. The van der Waals surface area contributed by atoms with Gasteiger partial charge >= 0.3 is 6.18 Å². The van der Waals surface area contributed by atoms with Crippen molar-refractivity contribution in [2.24, 2.45) is 15.8 Å². The molecule has 0 bridgehead atoms. The molecule has 7 nitrogen and oxygen atoms in total. The molecular formula is C31H23F3N4O3. The fraction of sp³-hybridized carbons (Fsp3) is 0.0968. The summed E-state index contributed by atoms with van der Waals surface area (Å²) in [4.78, 5) is 42.5. The summed E-state index contributed by atoms with van der Waals surface area (Å²) < 4.78 is 39.7. The van der Waals surface area contributed by atoms with Gasteiger partial charge in [0, 0.05) is 23.1 Å². The highest BCUT2D eigenvalue weighted by molar-refractivity contribution is 6.07. The van der Waals surface area contributed by atoms with Gasteiger partial charge in [0.2, 0.25) is 5.96 Å². The van der Waals surface area contributed by atoms with Gasteiger partial charge in [0.25, 0.3) is 5.91 Å². The molecular weight excluding hydrogens is 533 g/mol. The van der Waals surface area contributed by atoms with Crippen molar-refractivity contribution in [3.8, 4) is 11.1 Å². The molecule has 41 heavy (non-hydrogen) atoms. The van der Waals surface area contributed by atoms with Crippen LogP contribution in [0.4, 0.5) is 13.2 Å². The van der Waals surface area contributed by atoms with Crippen LogP contribution in [-0.2, 0) is 6.18 Å². The van der Waals surface area contributed by atoms with Crippen LogP contribution in [0, 0.1) is 5.53 Å². The minimum atomic E-state index is -4.62. The third-order valence-corrected chi connectivity index (χ3v) is 6.39. The molecule has 0 radical (unpaired) electrons. The number of halogens is 3. The normalized spacial score (nSPS) is 12.4. The highest BCUT2D eigenvalue weighted by atomic mass is 19.4. The highest BCUT2D eigenvalue weighted by Crippen LogP contribution is 2.32. The molecule has 0 aliphatic carbocycles. The predicted octanol–water partition coefficient (Wildman–Crippen LogP) is 7.10. The van der Waals surface area contributed by atoms with Crippen molar-refractivity contribution in [3.63, 3.8) is 0 Å². The number of carbonyl (C=O) groups excluding carboxylic acids is 3. The Bertz CT molecular complexity index is 1620. The minimum Gasteiger partial charge on any atom is -0.366 e. The van der Waals surface area contributed by atoms with Crippen LogP contribution >= 0.6 is 0 Å². The third-order valence-electron chi connectivity index (χ3n) is 6.39. The lowest BCUT2D eigenvalue weighted by Gasteiger charge is -2.17. The van der Waals surface area contributed by atoms with Crippen molar-refractivity contribution in [1.29, 1.82) is 5.53 Å². The maximum Gasteiger partial charge on any atom is 0.416 e. The van der Waals surface area contributed by atoms with E-state index in [-0.39, 0.29) is 23.1 Å². The zero-order valence-electron chi connectivity index (χ0n) is 21.4. The van der Waals surface area contributed by atoms with Crippen LogP contribution < -0.4 is 5.73 Å². The Balaban J connectivity index is 1.67. The first-order valence-electron chi connectivity index (χ1n) is 12.3. The Kier molecular flexibility index (Phi) is 8.62. The van der Waals surface area contributed by atoms with Crippen LogP contribution in [0.25, 0.3) is 11.1 Å². The van der Waals surface area contributed by atoms with Gasteiger partial charge in [-0.1, -0.05) is 78.9 Å². The molecule has 10 heteroatoms. The number of benzene rings is 4. The molecule has 4 aromatic carbocycles. The van der Waals surface area contributed by atoms with Crippen molar-refractivity contribution < 1.29 is 27.6 Å².